The van der Waals surface area contributed by atoms with Gasteiger partial charge >= 0.3 is 0 Å². The first kappa shape index (κ1) is 17.4. The topological polar surface area (TPSA) is 96.3 Å². The summed E-state index contributed by atoms with van der Waals surface area (Å²) in [6, 6.07) is 17.7. The van der Waals surface area contributed by atoms with Crippen LogP contribution in [-0.4, -0.2) is 24.1 Å². The van der Waals surface area contributed by atoms with Crippen molar-refractivity contribution >= 4 is 23.0 Å². The van der Waals surface area contributed by atoms with Crippen molar-refractivity contribution < 1.29 is 14.3 Å². The van der Waals surface area contributed by atoms with Gasteiger partial charge in [-0.2, -0.15) is 5.26 Å². The average Bonchev–Trinajstić information content (AvgIpc) is 2.74. The molecular weight excluding hydrogens is 356 g/mol. The first-order valence-corrected chi connectivity index (χ1v) is 8.65. The fourth-order valence-electron chi connectivity index (χ4n) is 2.75. The van der Waals surface area contributed by atoms with Gasteiger partial charge in [-0.15, -0.1) is 0 Å². The number of carbonyl (C=O) groups excluding carboxylic acids is 1. The van der Waals surface area contributed by atoms with E-state index in [0.717, 1.165) is 17.1 Å². The van der Waals surface area contributed by atoms with Gasteiger partial charge in [0.25, 0.3) is 5.91 Å². The molecular formula is C21H16N4O3. The van der Waals surface area contributed by atoms with E-state index >= 15 is 0 Å². The highest BCUT2D eigenvalue weighted by molar-refractivity contribution is 6.03. The summed E-state index contributed by atoms with van der Waals surface area (Å²) in [5.74, 6) is 1.07. The van der Waals surface area contributed by atoms with Crippen LogP contribution >= 0.6 is 0 Å². The largest absolute Gasteiger partial charge is 0.486 e. The van der Waals surface area contributed by atoms with Gasteiger partial charge in [0, 0.05) is 17.4 Å². The molecule has 1 aromatic heterocycles. The summed E-state index contributed by atoms with van der Waals surface area (Å²) in [6.07, 6.45) is 1.58. The Bertz CT molecular complexity index is 1060. The molecule has 4 rings (SSSR count). The smallest absolute Gasteiger partial charge is 0.274 e. The Morgan fingerprint density at radius 1 is 0.964 bits per heavy atom. The maximum Gasteiger partial charge on any atom is 0.274 e. The molecule has 0 bridgehead atoms. The van der Waals surface area contributed by atoms with Gasteiger partial charge in [-0.05, 0) is 42.5 Å². The number of benzene rings is 2. The minimum absolute atomic E-state index is 0.273. The van der Waals surface area contributed by atoms with Crippen LogP contribution in [-0.2, 0) is 0 Å². The highest BCUT2D eigenvalue weighted by Gasteiger charge is 2.12. The molecule has 3 aromatic rings. The van der Waals surface area contributed by atoms with Gasteiger partial charge in [0.1, 0.15) is 18.9 Å². The molecule has 0 aliphatic carbocycles. The lowest BCUT2D eigenvalue weighted by atomic mass is 10.2. The zero-order valence-corrected chi connectivity index (χ0v) is 14.8. The normalized spacial score (nSPS) is 12.0. The second kappa shape index (κ2) is 7.68. The molecule has 1 aliphatic rings. The van der Waals surface area contributed by atoms with Gasteiger partial charge in [-0.1, -0.05) is 6.07 Å². The van der Waals surface area contributed by atoms with Crippen LogP contribution in [0.15, 0.2) is 60.8 Å². The molecule has 1 amide bonds. The van der Waals surface area contributed by atoms with Gasteiger partial charge in [-0.3, -0.25) is 4.79 Å². The van der Waals surface area contributed by atoms with Crippen LogP contribution < -0.4 is 20.1 Å². The predicted molar refractivity (Wildman–Crippen MR) is 104 cm³/mol. The Hall–Kier alpha value is -4.05. The Kier molecular flexibility index (Phi) is 4.76. The molecule has 1 aliphatic heterocycles. The molecule has 7 heteroatoms. The molecule has 0 spiro atoms. The maximum atomic E-state index is 12.3. The van der Waals surface area contributed by atoms with Crippen molar-refractivity contribution in [2.45, 2.75) is 0 Å². The maximum absolute atomic E-state index is 12.3. The average molecular weight is 372 g/mol. The molecule has 0 saturated heterocycles. The minimum Gasteiger partial charge on any atom is -0.486 e. The van der Waals surface area contributed by atoms with Crippen molar-refractivity contribution in [3.05, 3.63) is 72.1 Å². The van der Waals surface area contributed by atoms with E-state index < -0.39 is 0 Å². The summed E-state index contributed by atoms with van der Waals surface area (Å²) in [7, 11) is 0. The van der Waals surface area contributed by atoms with Crippen LogP contribution in [0.4, 0.5) is 17.1 Å². The lowest BCUT2D eigenvalue weighted by Gasteiger charge is -2.19. The van der Waals surface area contributed by atoms with E-state index in [1.165, 1.54) is 0 Å². The molecule has 2 heterocycles. The number of nitrogens with one attached hydrogen (secondary N) is 2. The molecule has 28 heavy (non-hydrogen) atoms. The summed E-state index contributed by atoms with van der Waals surface area (Å²) in [4.78, 5) is 16.5. The number of ether oxygens (including phenoxy) is 2. The Labute approximate surface area is 161 Å². The number of anilines is 3. The number of hydrogen-bond acceptors (Lipinski definition) is 6. The van der Waals surface area contributed by atoms with Crippen molar-refractivity contribution in [1.29, 1.82) is 5.26 Å². The van der Waals surface area contributed by atoms with E-state index in [0.29, 0.717) is 30.2 Å². The molecule has 0 atom stereocenters. The van der Waals surface area contributed by atoms with Crippen LogP contribution in [0.1, 0.15) is 16.1 Å². The number of amides is 1. The monoisotopic (exact) mass is 372 g/mol. The molecule has 138 valence electrons. The van der Waals surface area contributed by atoms with E-state index in [1.807, 2.05) is 24.3 Å². The van der Waals surface area contributed by atoms with Crippen LogP contribution in [0.3, 0.4) is 0 Å². The Morgan fingerprint density at radius 2 is 1.79 bits per heavy atom. The third-order valence-electron chi connectivity index (χ3n) is 4.08. The number of rotatable bonds is 4. The summed E-state index contributed by atoms with van der Waals surface area (Å²) in [5, 5.41) is 14.9. The van der Waals surface area contributed by atoms with E-state index in [9.17, 15) is 4.79 Å². The molecule has 2 aromatic carbocycles. The summed E-state index contributed by atoms with van der Waals surface area (Å²) in [6.45, 7) is 1.08. The van der Waals surface area contributed by atoms with Crippen LogP contribution in [0, 0.1) is 11.3 Å². The predicted octanol–water partition coefficient (Wildman–Crippen LogP) is 3.72. The van der Waals surface area contributed by atoms with Crippen LogP contribution in [0.5, 0.6) is 11.5 Å². The zero-order chi connectivity index (χ0) is 19.3. The number of carbonyl (C=O) groups is 1. The van der Waals surface area contributed by atoms with Crippen LogP contribution in [0.25, 0.3) is 0 Å². The standard InChI is InChI=1S/C21H16N4O3/c22-12-14-2-1-3-15(10-14)25-21(26)18-6-4-17(13-23-18)24-16-5-7-19-20(11-16)28-9-8-27-19/h1-7,10-11,13,24H,8-9H2,(H,25,26). The van der Waals surface area contributed by atoms with Gasteiger partial charge in [-0.25, -0.2) is 4.98 Å². The van der Waals surface area contributed by atoms with E-state index in [-0.39, 0.29) is 11.6 Å². The number of hydrogen-bond donors (Lipinski definition) is 2. The zero-order valence-electron chi connectivity index (χ0n) is 14.8. The number of nitriles is 1. The number of pyridine rings is 1. The van der Waals surface area contributed by atoms with Gasteiger partial charge in [0.15, 0.2) is 11.5 Å². The first-order valence-electron chi connectivity index (χ1n) is 8.65. The van der Waals surface area contributed by atoms with E-state index in [2.05, 4.69) is 15.6 Å². The Morgan fingerprint density at radius 3 is 2.57 bits per heavy atom. The number of aromatic nitrogens is 1. The third-order valence-corrected chi connectivity index (χ3v) is 4.08. The lowest BCUT2D eigenvalue weighted by molar-refractivity contribution is 0.102. The highest BCUT2D eigenvalue weighted by atomic mass is 16.6. The quantitative estimate of drug-likeness (QED) is 0.725. The van der Waals surface area contributed by atoms with Gasteiger partial charge in [0.2, 0.25) is 0 Å². The molecule has 0 unspecified atom stereocenters. The van der Waals surface area contributed by atoms with Crippen molar-refractivity contribution in [3.63, 3.8) is 0 Å². The van der Waals surface area contributed by atoms with Crippen molar-refractivity contribution in [3.8, 4) is 17.6 Å². The van der Waals surface area contributed by atoms with Crippen molar-refractivity contribution in [1.82, 2.24) is 4.98 Å². The van der Waals surface area contributed by atoms with Crippen molar-refractivity contribution in [2.75, 3.05) is 23.8 Å². The number of fused-ring (bicyclic) bond motifs is 1. The molecule has 0 radical (unpaired) electrons. The molecule has 0 fully saturated rings. The molecule has 7 nitrogen and oxygen atoms in total. The summed E-state index contributed by atoms with van der Waals surface area (Å²) in [5.41, 5.74) is 2.86. The van der Waals surface area contributed by atoms with Gasteiger partial charge in [0.05, 0.1) is 23.5 Å². The van der Waals surface area contributed by atoms with Crippen LogP contribution in [0.2, 0.25) is 0 Å². The number of nitrogens with zero attached hydrogens (tertiary/aromatic N) is 2. The third kappa shape index (κ3) is 3.86. The van der Waals surface area contributed by atoms with Gasteiger partial charge < -0.3 is 20.1 Å². The SMILES string of the molecule is N#Cc1cccc(NC(=O)c2ccc(Nc3ccc4c(c3)OCCO4)cn2)c1. The molecule has 2 N–H and O–H groups in total. The first-order chi connectivity index (χ1) is 13.7. The lowest BCUT2D eigenvalue weighted by Crippen LogP contribution is -2.15. The minimum atomic E-state index is -0.346. The van der Waals surface area contributed by atoms with E-state index in [1.54, 1.807) is 42.6 Å². The Balaban J connectivity index is 1.43. The summed E-state index contributed by atoms with van der Waals surface area (Å²) < 4.78 is 11.1. The second-order valence-electron chi connectivity index (χ2n) is 6.06. The second-order valence-corrected chi connectivity index (χ2v) is 6.06. The fourth-order valence-corrected chi connectivity index (χ4v) is 2.75. The fraction of sp³-hybridized carbons (Fsp3) is 0.0952. The van der Waals surface area contributed by atoms with E-state index in [4.69, 9.17) is 14.7 Å². The van der Waals surface area contributed by atoms with Crippen molar-refractivity contribution in [2.24, 2.45) is 0 Å². The molecule has 0 saturated carbocycles. The summed E-state index contributed by atoms with van der Waals surface area (Å²) >= 11 is 0. The highest BCUT2D eigenvalue weighted by Crippen LogP contribution is 2.33.